The van der Waals surface area contributed by atoms with E-state index in [0.29, 0.717) is 18.5 Å². The molecule has 90 valence electrons. The highest BCUT2D eigenvalue weighted by molar-refractivity contribution is 5.25. The SMILES string of the molecule is CC(C)Cc1ccc([C@@H](CN)N(C)C)cc1. The fraction of sp³-hybridized carbons (Fsp3) is 0.571. The predicted octanol–water partition coefficient (Wildman–Crippen LogP) is 2.45. The Morgan fingerprint density at radius 1 is 1.12 bits per heavy atom. The largest absolute Gasteiger partial charge is 0.329 e. The minimum atomic E-state index is 0.327. The van der Waals surface area contributed by atoms with Crippen LogP contribution in [0.1, 0.15) is 31.0 Å². The van der Waals surface area contributed by atoms with Crippen LogP contribution in [0, 0.1) is 5.92 Å². The second kappa shape index (κ2) is 6.02. The van der Waals surface area contributed by atoms with E-state index in [1.165, 1.54) is 11.1 Å². The van der Waals surface area contributed by atoms with Crippen molar-refractivity contribution in [2.24, 2.45) is 11.7 Å². The molecule has 1 atom stereocenters. The third-order valence-electron chi connectivity index (χ3n) is 2.86. The molecule has 16 heavy (non-hydrogen) atoms. The van der Waals surface area contributed by atoms with Gasteiger partial charge in [0.1, 0.15) is 0 Å². The van der Waals surface area contributed by atoms with Gasteiger partial charge in [0.25, 0.3) is 0 Å². The number of hydrogen-bond acceptors (Lipinski definition) is 2. The van der Waals surface area contributed by atoms with Crippen molar-refractivity contribution in [3.63, 3.8) is 0 Å². The third kappa shape index (κ3) is 3.62. The fourth-order valence-electron chi connectivity index (χ4n) is 1.99. The van der Waals surface area contributed by atoms with Gasteiger partial charge in [-0.3, -0.25) is 0 Å². The Balaban J connectivity index is 2.77. The number of benzene rings is 1. The molecule has 0 bridgehead atoms. The summed E-state index contributed by atoms with van der Waals surface area (Å²) in [5, 5.41) is 0. The Morgan fingerprint density at radius 2 is 1.69 bits per heavy atom. The van der Waals surface area contributed by atoms with Crippen LogP contribution in [-0.4, -0.2) is 25.5 Å². The summed E-state index contributed by atoms with van der Waals surface area (Å²) in [6.45, 7) is 5.16. The van der Waals surface area contributed by atoms with Gasteiger partial charge >= 0.3 is 0 Å². The Bertz CT molecular complexity index is 301. The molecule has 0 aliphatic heterocycles. The van der Waals surface area contributed by atoms with Gasteiger partial charge < -0.3 is 10.6 Å². The van der Waals surface area contributed by atoms with E-state index in [4.69, 9.17) is 5.73 Å². The number of rotatable bonds is 5. The average molecular weight is 220 g/mol. The van der Waals surface area contributed by atoms with Crippen LogP contribution >= 0.6 is 0 Å². The summed E-state index contributed by atoms with van der Waals surface area (Å²) in [5.74, 6) is 0.713. The molecular formula is C14H24N2. The van der Waals surface area contributed by atoms with E-state index < -0.39 is 0 Å². The molecule has 1 aromatic carbocycles. The van der Waals surface area contributed by atoms with Gasteiger partial charge in [-0.25, -0.2) is 0 Å². The van der Waals surface area contributed by atoms with Crippen LogP contribution in [-0.2, 0) is 6.42 Å². The monoisotopic (exact) mass is 220 g/mol. The van der Waals surface area contributed by atoms with Crippen LogP contribution in [0.3, 0.4) is 0 Å². The van der Waals surface area contributed by atoms with Crippen molar-refractivity contribution in [3.05, 3.63) is 35.4 Å². The van der Waals surface area contributed by atoms with Gasteiger partial charge in [0.05, 0.1) is 0 Å². The maximum Gasteiger partial charge on any atom is 0.0464 e. The fourth-order valence-corrected chi connectivity index (χ4v) is 1.99. The van der Waals surface area contributed by atoms with E-state index in [9.17, 15) is 0 Å². The highest BCUT2D eigenvalue weighted by Crippen LogP contribution is 2.18. The van der Waals surface area contributed by atoms with Crippen molar-refractivity contribution in [2.75, 3.05) is 20.6 Å². The Morgan fingerprint density at radius 3 is 2.06 bits per heavy atom. The molecule has 0 aromatic heterocycles. The molecule has 0 unspecified atom stereocenters. The summed E-state index contributed by atoms with van der Waals surface area (Å²) in [5.41, 5.74) is 8.50. The quantitative estimate of drug-likeness (QED) is 0.826. The smallest absolute Gasteiger partial charge is 0.0464 e. The van der Waals surface area contributed by atoms with Crippen LogP contribution < -0.4 is 5.73 Å². The second-order valence-corrected chi connectivity index (χ2v) is 5.05. The van der Waals surface area contributed by atoms with E-state index in [1.54, 1.807) is 0 Å². The highest BCUT2D eigenvalue weighted by Gasteiger charge is 2.11. The minimum absolute atomic E-state index is 0.327. The Hall–Kier alpha value is -0.860. The number of nitrogens with two attached hydrogens (primary N) is 1. The second-order valence-electron chi connectivity index (χ2n) is 5.05. The first-order valence-electron chi connectivity index (χ1n) is 6.00. The van der Waals surface area contributed by atoms with Crippen LogP contribution in [0.25, 0.3) is 0 Å². The molecule has 0 saturated carbocycles. The lowest BCUT2D eigenvalue weighted by molar-refractivity contribution is 0.306. The first-order valence-corrected chi connectivity index (χ1v) is 6.00. The van der Waals surface area contributed by atoms with Gasteiger partial charge in [0.2, 0.25) is 0 Å². The van der Waals surface area contributed by atoms with Crippen molar-refractivity contribution in [1.29, 1.82) is 0 Å². The first-order chi connectivity index (χ1) is 7.54. The van der Waals surface area contributed by atoms with Crippen LogP contribution in [0.5, 0.6) is 0 Å². The Labute approximate surface area is 99.5 Å². The van der Waals surface area contributed by atoms with E-state index in [0.717, 1.165) is 6.42 Å². The number of likely N-dealkylation sites (N-methyl/N-ethyl adjacent to an activating group) is 1. The maximum atomic E-state index is 5.78. The Kier molecular flexibility index (Phi) is 4.97. The molecule has 0 aliphatic carbocycles. The maximum absolute atomic E-state index is 5.78. The molecule has 0 saturated heterocycles. The molecule has 0 radical (unpaired) electrons. The molecule has 1 rings (SSSR count). The highest BCUT2D eigenvalue weighted by atomic mass is 15.1. The summed E-state index contributed by atoms with van der Waals surface area (Å²) >= 11 is 0. The lowest BCUT2D eigenvalue weighted by Crippen LogP contribution is -2.27. The first kappa shape index (κ1) is 13.2. The number of nitrogens with zero attached hydrogens (tertiary/aromatic N) is 1. The van der Waals surface area contributed by atoms with Crippen LogP contribution in [0.2, 0.25) is 0 Å². The molecule has 2 heteroatoms. The van der Waals surface area contributed by atoms with E-state index in [-0.39, 0.29) is 0 Å². The van der Waals surface area contributed by atoms with Gasteiger partial charge in [0.15, 0.2) is 0 Å². The zero-order valence-electron chi connectivity index (χ0n) is 10.9. The topological polar surface area (TPSA) is 29.3 Å². The molecule has 2 N–H and O–H groups in total. The third-order valence-corrected chi connectivity index (χ3v) is 2.86. The zero-order valence-corrected chi connectivity index (χ0v) is 10.9. The van der Waals surface area contributed by atoms with Crippen LogP contribution in [0.4, 0.5) is 0 Å². The summed E-state index contributed by atoms with van der Waals surface area (Å²) in [6, 6.07) is 9.18. The lowest BCUT2D eigenvalue weighted by Gasteiger charge is -2.23. The molecule has 0 spiro atoms. The van der Waals surface area contributed by atoms with Crippen molar-refractivity contribution in [2.45, 2.75) is 26.3 Å². The van der Waals surface area contributed by atoms with Gasteiger partial charge in [-0.2, -0.15) is 0 Å². The summed E-state index contributed by atoms with van der Waals surface area (Å²) in [6.07, 6.45) is 1.15. The summed E-state index contributed by atoms with van der Waals surface area (Å²) in [4.78, 5) is 2.16. The predicted molar refractivity (Wildman–Crippen MR) is 70.5 cm³/mol. The molecule has 0 fully saturated rings. The summed E-state index contributed by atoms with van der Waals surface area (Å²) in [7, 11) is 4.14. The van der Waals surface area contributed by atoms with Crippen molar-refractivity contribution >= 4 is 0 Å². The van der Waals surface area contributed by atoms with E-state index in [2.05, 4.69) is 57.1 Å². The van der Waals surface area contributed by atoms with Crippen molar-refractivity contribution in [1.82, 2.24) is 4.90 Å². The molecule has 1 aromatic rings. The molecular weight excluding hydrogens is 196 g/mol. The van der Waals surface area contributed by atoms with E-state index >= 15 is 0 Å². The van der Waals surface area contributed by atoms with E-state index in [1.807, 2.05) is 0 Å². The summed E-state index contributed by atoms with van der Waals surface area (Å²) < 4.78 is 0. The van der Waals surface area contributed by atoms with Crippen molar-refractivity contribution < 1.29 is 0 Å². The van der Waals surface area contributed by atoms with Gasteiger partial charge in [0, 0.05) is 12.6 Å². The van der Waals surface area contributed by atoms with Crippen LogP contribution in [0.15, 0.2) is 24.3 Å². The van der Waals surface area contributed by atoms with Gasteiger partial charge in [-0.15, -0.1) is 0 Å². The normalized spacial score (nSPS) is 13.4. The molecule has 0 amide bonds. The minimum Gasteiger partial charge on any atom is -0.329 e. The van der Waals surface area contributed by atoms with Crippen molar-refractivity contribution in [3.8, 4) is 0 Å². The standard InChI is InChI=1S/C14H24N2/c1-11(2)9-12-5-7-13(8-6-12)14(10-15)16(3)4/h5-8,11,14H,9-10,15H2,1-4H3/t14-/m1/s1. The molecule has 0 heterocycles. The lowest BCUT2D eigenvalue weighted by atomic mass is 9.99. The zero-order chi connectivity index (χ0) is 12.1. The average Bonchev–Trinajstić information content (AvgIpc) is 2.20. The van der Waals surface area contributed by atoms with Gasteiger partial charge in [-0.1, -0.05) is 38.1 Å². The van der Waals surface area contributed by atoms with Gasteiger partial charge in [-0.05, 0) is 37.6 Å². The number of hydrogen-bond donors (Lipinski definition) is 1. The molecule has 0 aliphatic rings. The molecule has 2 nitrogen and oxygen atoms in total.